The number of alkyl halides is 2. The number of hydrogen-bond acceptors (Lipinski definition) is 5. The molecule has 1 heterocycles. The second-order valence-electron chi connectivity index (χ2n) is 3.05. The van der Waals surface area contributed by atoms with E-state index < -0.39 is 18.0 Å². The quantitative estimate of drug-likeness (QED) is 0.754. The third-order valence-electron chi connectivity index (χ3n) is 2.05. The highest BCUT2D eigenvalue weighted by Gasteiger charge is 2.20. The van der Waals surface area contributed by atoms with Crippen LogP contribution in [0.25, 0.3) is 0 Å². The monoisotopic (exact) mass is 231 g/mol. The van der Waals surface area contributed by atoms with Crippen LogP contribution in [0.4, 0.5) is 20.3 Å². The van der Waals surface area contributed by atoms with Crippen LogP contribution in [0.3, 0.4) is 0 Å². The molecule has 0 aliphatic rings. The molecule has 0 aromatic carbocycles. The average Bonchev–Trinajstić information content (AvgIpc) is 2.21. The van der Waals surface area contributed by atoms with E-state index in [1.165, 1.54) is 13.3 Å². The van der Waals surface area contributed by atoms with E-state index in [9.17, 15) is 13.6 Å². The lowest BCUT2D eigenvalue weighted by molar-refractivity contribution is -0.139. The van der Waals surface area contributed by atoms with Crippen LogP contribution in [0, 0.1) is 0 Å². The van der Waals surface area contributed by atoms with Crippen LogP contribution in [0.15, 0.2) is 6.20 Å². The number of pyridine rings is 1. The first-order valence-corrected chi connectivity index (χ1v) is 4.35. The Morgan fingerprint density at radius 1 is 1.56 bits per heavy atom. The molecule has 0 aliphatic carbocycles. The highest BCUT2D eigenvalue weighted by molar-refractivity contribution is 5.76. The second-order valence-corrected chi connectivity index (χ2v) is 3.05. The van der Waals surface area contributed by atoms with Crippen LogP contribution in [-0.2, 0) is 16.0 Å². The molecule has 0 saturated carbocycles. The Hall–Kier alpha value is -1.92. The fraction of sp³-hybridized carbons (Fsp3) is 0.333. The maximum Gasteiger partial charge on any atom is 0.310 e. The number of nitrogens with zero attached hydrogens (tertiary/aromatic N) is 1. The molecule has 1 aromatic heterocycles. The molecular formula is C9H11F2N3O2. The van der Waals surface area contributed by atoms with Crippen LogP contribution in [-0.4, -0.2) is 18.1 Å². The minimum Gasteiger partial charge on any atom is -0.469 e. The van der Waals surface area contributed by atoms with Gasteiger partial charge in [0.15, 0.2) is 0 Å². The van der Waals surface area contributed by atoms with Crippen molar-refractivity contribution in [3.05, 3.63) is 17.3 Å². The lowest BCUT2D eigenvalue weighted by Gasteiger charge is -2.11. The van der Waals surface area contributed by atoms with E-state index >= 15 is 0 Å². The molecule has 0 amide bonds. The van der Waals surface area contributed by atoms with E-state index in [0.717, 1.165) is 0 Å². The van der Waals surface area contributed by atoms with Gasteiger partial charge in [-0.2, -0.15) is 0 Å². The number of methoxy groups -OCH3 is 1. The molecule has 0 saturated heterocycles. The second kappa shape index (κ2) is 4.73. The number of carbonyl (C=O) groups is 1. The lowest BCUT2D eigenvalue weighted by atomic mass is 10.1. The van der Waals surface area contributed by atoms with E-state index in [1.807, 2.05) is 0 Å². The maximum absolute atomic E-state index is 12.6. The molecule has 4 N–H and O–H groups in total. The van der Waals surface area contributed by atoms with Crippen LogP contribution in [0.5, 0.6) is 0 Å². The first-order valence-electron chi connectivity index (χ1n) is 4.35. The van der Waals surface area contributed by atoms with Crippen molar-refractivity contribution in [2.45, 2.75) is 12.8 Å². The molecule has 1 aromatic rings. The van der Waals surface area contributed by atoms with Gasteiger partial charge in [-0.1, -0.05) is 0 Å². The van der Waals surface area contributed by atoms with Crippen molar-refractivity contribution in [1.82, 2.24) is 4.98 Å². The topological polar surface area (TPSA) is 91.2 Å². The Morgan fingerprint density at radius 2 is 2.19 bits per heavy atom. The van der Waals surface area contributed by atoms with Gasteiger partial charge in [0.1, 0.15) is 5.82 Å². The Labute approximate surface area is 90.4 Å². The Balaban J connectivity index is 3.13. The number of anilines is 2. The minimum atomic E-state index is -2.83. The van der Waals surface area contributed by atoms with Gasteiger partial charge in [0.05, 0.1) is 19.1 Å². The summed E-state index contributed by atoms with van der Waals surface area (Å²) in [6.07, 6.45) is -1.85. The molecule has 7 heteroatoms. The Bertz CT molecular complexity index is 410. The molecular weight excluding hydrogens is 220 g/mol. The smallest absolute Gasteiger partial charge is 0.310 e. The number of nitrogen functional groups attached to an aromatic ring is 2. The van der Waals surface area contributed by atoms with Gasteiger partial charge in [-0.05, 0) is 0 Å². The molecule has 0 aliphatic heterocycles. The van der Waals surface area contributed by atoms with Gasteiger partial charge < -0.3 is 16.2 Å². The minimum absolute atomic E-state index is 0.177. The summed E-state index contributed by atoms with van der Waals surface area (Å²) in [6, 6.07) is 0. The molecule has 0 fully saturated rings. The van der Waals surface area contributed by atoms with Gasteiger partial charge in [-0.3, -0.25) is 4.79 Å². The summed E-state index contributed by atoms with van der Waals surface area (Å²) >= 11 is 0. The Morgan fingerprint density at radius 3 is 2.69 bits per heavy atom. The summed E-state index contributed by atoms with van der Waals surface area (Å²) < 4.78 is 29.5. The number of aromatic nitrogens is 1. The van der Waals surface area contributed by atoms with Gasteiger partial charge in [0.25, 0.3) is 6.43 Å². The first kappa shape index (κ1) is 12.2. The molecule has 0 spiro atoms. The highest BCUT2D eigenvalue weighted by Crippen LogP contribution is 2.31. The van der Waals surface area contributed by atoms with Crippen molar-refractivity contribution in [2.24, 2.45) is 0 Å². The molecule has 0 bridgehead atoms. The molecule has 1 rings (SSSR count). The SMILES string of the molecule is COC(=O)Cc1cnc(N)c(C(F)F)c1N. The summed E-state index contributed by atoms with van der Waals surface area (Å²) in [5.74, 6) is -0.917. The fourth-order valence-electron chi connectivity index (χ4n) is 1.20. The third-order valence-corrected chi connectivity index (χ3v) is 2.05. The fourth-order valence-corrected chi connectivity index (χ4v) is 1.20. The molecule has 0 atom stereocenters. The van der Waals surface area contributed by atoms with E-state index in [0.29, 0.717) is 0 Å². The molecule has 0 radical (unpaired) electrons. The first-order chi connectivity index (χ1) is 7.47. The van der Waals surface area contributed by atoms with Crippen LogP contribution >= 0.6 is 0 Å². The van der Waals surface area contributed by atoms with Crippen molar-refractivity contribution in [3.8, 4) is 0 Å². The number of rotatable bonds is 3. The summed E-state index contributed by atoms with van der Waals surface area (Å²) in [5, 5.41) is 0. The zero-order chi connectivity index (χ0) is 12.3. The van der Waals surface area contributed by atoms with Gasteiger partial charge in [0.2, 0.25) is 0 Å². The van der Waals surface area contributed by atoms with Gasteiger partial charge in [-0.25, -0.2) is 13.8 Å². The number of ether oxygens (including phenoxy) is 1. The van der Waals surface area contributed by atoms with Crippen molar-refractivity contribution in [1.29, 1.82) is 0 Å². The molecule has 88 valence electrons. The highest BCUT2D eigenvalue weighted by atomic mass is 19.3. The van der Waals surface area contributed by atoms with Crippen molar-refractivity contribution in [3.63, 3.8) is 0 Å². The summed E-state index contributed by atoms with van der Waals surface area (Å²) in [6.45, 7) is 0. The molecule has 16 heavy (non-hydrogen) atoms. The summed E-state index contributed by atoms with van der Waals surface area (Å²) in [5.41, 5.74) is 10.2. The summed E-state index contributed by atoms with van der Waals surface area (Å²) in [7, 11) is 1.19. The predicted molar refractivity (Wildman–Crippen MR) is 53.7 cm³/mol. The number of nitrogens with two attached hydrogens (primary N) is 2. The van der Waals surface area contributed by atoms with Crippen molar-refractivity contribution >= 4 is 17.5 Å². The third kappa shape index (κ3) is 2.36. The van der Waals surface area contributed by atoms with E-state index in [4.69, 9.17) is 11.5 Å². The van der Waals surface area contributed by atoms with E-state index in [1.54, 1.807) is 0 Å². The normalized spacial score (nSPS) is 10.5. The predicted octanol–water partition coefficient (Wildman–Crippen LogP) is 0.899. The van der Waals surface area contributed by atoms with Gasteiger partial charge in [0, 0.05) is 17.4 Å². The maximum atomic E-state index is 12.6. The van der Waals surface area contributed by atoms with Gasteiger partial charge in [-0.15, -0.1) is 0 Å². The van der Waals surface area contributed by atoms with Gasteiger partial charge >= 0.3 is 5.97 Å². The standard InChI is InChI=1S/C9H11F2N3O2/c1-16-5(15)2-4-3-14-9(13)6(7(4)12)8(10)11/h3,8H,2H2,1H3,(H4,12,13,14). The Kier molecular flexibility index (Phi) is 3.60. The number of halogens is 2. The van der Waals surface area contributed by atoms with Crippen molar-refractivity contribution < 1.29 is 18.3 Å². The number of carbonyl (C=O) groups excluding carboxylic acids is 1. The van der Waals surface area contributed by atoms with E-state index in [-0.39, 0.29) is 23.5 Å². The molecule has 0 unspecified atom stereocenters. The zero-order valence-electron chi connectivity index (χ0n) is 8.54. The summed E-state index contributed by atoms with van der Waals surface area (Å²) in [4.78, 5) is 14.5. The van der Waals surface area contributed by atoms with Crippen LogP contribution in [0.1, 0.15) is 17.6 Å². The average molecular weight is 231 g/mol. The largest absolute Gasteiger partial charge is 0.469 e. The number of esters is 1. The van der Waals surface area contributed by atoms with E-state index in [2.05, 4.69) is 9.72 Å². The van der Waals surface area contributed by atoms with Crippen LogP contribution < -0.4 is 11.5 Å². The number of hydrogen-bond donors (Lipinski definition) is 2. The van der Waals surface area contributed by atoms with Crippen molar-refractivity contribution in [2.75, 3.05) is 18.6 Å². The van der Waals surface area contributed by atoms with Crippen LogP contribution in [0.2, 0.25) is 0 Å². The molecule has 5 nitrogen and oxygen atoms in total. The zero-order valence-corrected chi connectivity index (χ0v) is 8.54. The lowest BCUT2D eigenvalue weighted by Crippen LogP contribution is -2.11.